The summed E-state index contributed by atoms with van der Waals surface area (Å²) in [7, 11) is 3.25. The lowest BCUT2D eigenvalue weighted by atomic mass is 10.1. The van der Waals surface area contributed by atoms with Crippen molar-refractivity contribution >= 4 is 16.6 Å². The molecule has 0 aliphatic carbocycles. The van der Waals surface area contributed by atoms with Gasteiger partial charge < -0.3 is 4.74 Å². The molecule has 16 heavy (non-hydrogen) atoms. The van der Waals surface area contributed by atoms with Gasteiger partial charge in [0.1, 0.15) is 0 Å². The van der Waals surface area contributed by atoms with Crippen molar-refractivity contribution in [2.75, 3.05) is 14.2 Å². The summed E-state index contributed by atoms with van der Waals surface area (Å²) in [6, 6.07) is 13.8. The van der Waals surface area contributed by atoms with E-state index in [0.29, 0.717) is 0 Å². The SMILES string of the molecule is CC(=O)c1ccc2ccccc2c1.COC. The van der Waals surface area contributed by atoms with Gasteiger partial charge in [0.2, 0.25) is 0 Å². The van der Waals surface area contributed by atoms with Crippen molar-refractivity contribution in [3.05, 3.63) is 48.0 Å². The highest BCUT2D eigenvalue weighted by Gasteiger charge is 1.99. The van der Waals surface area contributed by atoms with Gasteiger partial charge in [0.15, 0.2) is 5.78 Å². The second kappa shape index (κ2) is 6.03. The molecule has 0 radical (unpaired) electrons. The van der Waals surface area contributed by atoms with Crippen LogP contribution in [0.25, 0.3) is 10.8 Å². The number of ketones is 1. The lowest BCUT2D eigenvalue weighted by molar-refractivity contribution is 0.101. The monoisotopic (exact) mass is 216 g/mol. The Balaban J connectivity index is 0.000000386. The van der Waals surface area contributed by atoms with E-state index in [1.807, 2.05) is 42.5 Å². The Hall–Kier alpha value is -1.67. The van der Waals surface area contributed by atoms with Crippen molar-refractivity contribution in [1.82, 2.24) is 0 Å². The molecule has 0 N–H and O–H groups in total. The first-order chi connectivity index (χ1) is 7.69. The zero-order valence-corrected chi connectivity index (χ0v) is 9.86. The van der Waals surface area contributed by atoms with Crippen LogP contribution in [-0.2, 0) is 4.74 Å². The summed E-state index contributed by atoms with van der Waals surface area (Å²) in [5.74, 6) is 0.116. The molecule has 2 nitrogen and oxygen atoms in total. The van der Waals surface area contributed by atoms with E-state index in [1.54, 1.807) is 21.1 Å². The number of methoxy groups -OCH3 is 1. The maximum atomic E-state index is 11.1. The number of ether oxygens (including phenoxy) is 1. The summed E-state index contributed by atoms with van der Waals surface area (Å²) in [5.41, 5.74) is 0.777. The fraction of sp³-hybridized carbons (Fsp3) is 0.214. The molecule has 0 unspecified atom stereocenters. The van der Waals surface area contributed by atoms with E-state index in [0.717, 1.165) is 10.9 Å². The fourth-order valence-corrected chi connectivity index (χ4v) is 1.41. The molecule has 0 aliphatic rings. The van der Waals surface area contributed by atoms with Crippen LogP contribution in [0.2, 0.25) is 0 Å². The van der Waals surface area contributed by atoms with Gasteiger partial charge in [-0.2, -0.15) is 0 Å². The van der Waals surface area contributed by atoms with Crippen LogP contribution >= 0.6 is 0 Å². The molecular formula is C14H16O2. The van der Waals surface area contributed by atoms with E-state index < -0.39 is 0 Å². The average molecular weight is 216 g/mol. The summed E-state index contributed by atoms with van der Waals surface area (Å²) in [6.45, 7) is 1.59. The van der Waals surface area contributed by atoms with Gasteiger partial charge in [0.05, 0.1) is 0 Å². The van der Waals surface area contributed by atoms with Crippen LogP contribution < -0.4 is 0 Å². The van der Waals surface area contributed by atoms with Gasteiger partial charge in [-0.3, -0.25) is 4.79 Å². The third-order valence-corrected chi connectivity index (χ3v) is 2.16. The molecule has 2 heteroatoms. The third kappa shape index (κ3) is 3.17. The molecule has 0 spiro atoms. The highest BCUT2D eigenvalue weighted by atomic mass is 16.4. The molecule has 2 rings (SSSR count). The molecule has 0 bridgehead atoms. The van der Waals surface area contributed by atoms with Gasteiger partial charge in [-0.1, -0.05) is 36.4 Å². The largest absolute Gasteiger partial charge is 0.388 e. The summed E-state index contributed by atoms with van der Waals surface area (Å²) in [5, 5.41) is 2.29. The van der Waals surface area contributed by atoms with Crippen LogP contribution in [0.1, 0.15) is 17.3 Å². The highest BCUT2D eigenvalue weighted by Crippen LogP contribution is 2.15. The third-order valence-electron chi connectivity index (χ3n) is 2.16. The van der Waals surface area contributed by atoms with Gasteiger partial charge in [0.25, 0.3) is 0 Å². The first-order valence-electron chi connectivity index (χ1n) is 5.09. The molecule has 0 aromatic heterocycles. The van der Waals surface area contributed by atoms with Gasteiger partial charge in [-0.15, -0.1) is 0 Å². The number of Topliss-reactive ketones (excluding diaryl/α,β-unsaturated/α-hetero) is 1. The summed E-state index contributed by atoms with van der Waals surface area (Å²) in [6.07, 6.45) is 0. The van der Waals surface area contributed by atoms with E-state index in [4.69, 9.17) is 0 Å². The lowest BCUT2D eigenvalue weighted by Gasteiger charge is -1.99. The molecule has 84 valence electrons. The quantitative estimate of drug-likeness (QED) is 0.684. The van der Waals surface area contributed by atoms with E-state index in [2.05, 4.69) is 4.74 Å². The molecule has 0 aliphatic heterocycles. The Labute approximate surface area is 95.9 Å². The van der Waals surface area contributed by atoms with Gasteiger partial charge in [-0.25, -0.2) is 0 Å². The van der Waals surface area contributed by atoms with E-state index in [1.165, 1.54) is 5.39 Å². The van der Waals surface area contributed by atoms with Crippen molar-refractivity contribution in [3.8, 4) is 0 Å². The smallest absolute Gasteiger partial charge is 0.159 e. The van der Waals surface area contributed by atoms with Crippen LogP contribution in [0.5, 0.6) is 0 Å². The molecule has 0 saturated heterocycles. The van der Waals surface area contributed by atoms with Crippen molar-refractivity contribution in [3.63, 3.8) is 0 Å². The van der Waals surface area contributed by atoms with E-state index >= 15 is 0 Å². The zero-order valence-electron chi connectivity index (χ0n) is 9.86. The van der Waals surface area contributed by atoms with E-state index in [-0.39, 0.29) is 5.78 Å². The molecule has 0 atom stereocenters. The first kappa shape index (κ1) is 12.4. The predicted octanol–water partition coefficient (Wildman–Crippen LogP) is 3.31. The van der Waals surface area contributed by atoms with Crippen LogP contribution in [0.3, 0.4) is 0 Å². The molecule has 2 aromatic carbocycles. The summed E-state index contributed by atoms with van der Waals surface area (Å²) < 4.78 is 4.25. The molecular weight excluding hydrogens is 200 g/mol. The van der Waals surface area contributed by atoms with Gasteiger partial charge >= 0.3 is 0 Å². The Morgan fingerprint density at radius 1 is 1.00 bits per heavy atom. The predicted molar refractivity (Wildman–Crippen MR) is 66.9 cm³/mol. The summed E-state index contributed by atoms with van der Waals surface area (Å²) in [4.78, 5) is 11.1. The Bertz CT molecular complexity index is 475. The second-order valence-electron chi connectivity index (χ2n) is 3.53. The minimum Gasteiger partial charge on any atom is -0.388 e. The number of carbonyl (C=O) groups is 1. The summed E-state index contributed by atoms with van der Waals surface area (Å²) >= 11 is 0. The molecule has 0 heterocycles. The number of hydrogen-bond donors (Lipinski definition) is 0. The maximum Gasteiger partial charge on any atom is 0.159 e. The lowest BCUT2D eigenvalue weighted by Crippen LogP contribution is -1.90. The van der Waals surface area contributed by atoms with Crippen LogP contribution in [0, 0.1) is 0 Å². The van der Waals surface area contributed by atoms with Gasteiger partial charge in [0, 0.05) is 19.8 Å². The average Bonchev–Trinajstić information content (AvgIpc) is 2.29. The van der Waals surface area contributed by atoms with Crippen molar-refractivity contribution in [2.24, 2.45) is 0 Å². The minimum atomic E-state index is 0.116. The minimum absolute atomic E-state index is 0.116. The molecule has 0 amide bonds. The fourth-order valence-electron chi connectivity index (χ4n) is 1.41. The number of hydrogen-bond acceptors (Lipinski definition) is 2. The van der Waals surface area contributed by atoms with Crippen LogP contribution in [-0.4, -0.2) is 20.0 Å². The normalized spacial score (nSPS) is 9.44. The zero-order chi connectivity index (χ0) is 12.0. The van der Waals surface area contributed by atoms with Crippen LogP contribution in [0.15, 0.2) is 42.5 Å². The van der Waals surface area contributed by atoms with Crippen molar-refractivity contribution < 1.29 is 9.53 Å². The number of fused-ring (bicyclic) bond motifs is 1. The second-order valence-corrected chi connectivity index (χ2v) is 3.53. The highest BCUT2D eigenvalue weighted by molar-refractivity contribution is 5.98. The van der Waals surface area contributed by atoms with Crippen LogP contribution in [0.4, 0.5) is 0 Å². The maximum absolute atomic E-state index is 11.1. The number of benzene rings is 2. The standard InChI is InChI=1S/C12H10O.C2H6O/c1-9(13)11-7-6-10-4-2-3-5-12(10)8-11;1-3-2/h2-8H,1H3;1-2H3. The van der Waals surface area contributed by atoms with Crippen molar-refractivity contribution in [1.29, 1.82) is 0 Å². The Morgan fingerprint density at radius 3 is 2.12 bits per heavy atom. The van der Waals surface area contributed by atoms with Gasteiger partial charge in [-0.05, 0) is 23.8 Å². The first-order valence-corrected chi connectivity index (χ1v) is 5.09. The molecule has 2 aromatic rings. The van der Waals surface area contributed by atoms with E-state index in [9.17, 15) is 4.79 Å². The molecule has 0 fully saturated rings. The molecule has 0 saturated carbocycles. The Morgan fingerprint density at radius 2 is 1.56 bits per heavy atom. The topological polar surface area (TPSA) is 26.3 Å². The number of carbonyl (C=O) groups excluding carboxylic acids is 1. The Kier molecular flexibility index (Phi) is 4.67. The van der Waals surface area contributed by atoms with Crippen molar-refractivity contribution in [2.45, 2.75) is 6.92 Å². The number of rotatable bonds is 1.